The van der Waals surface area contributed by atoms with Crippen molar-refractivity contribution >= 4 is 23.2 Å². The van der Waals surface area contributed by atoms with E-state index in [1.54, 1.807) is 6.33 Å². The van der Waals surface area contributed by atoms with Gasteiger partial charge in [-0.15, -0.1) is 0 Å². The van der Waals surface area contributed by atoms with Crippen LogP contribution in [0, 0.1) is 0 Å². The van der Waals surface area contributed by atoms with E-state index in [4.69, 9.17) is 4.98 Å². The molecule has 4 aromatic rings. The Morgan fingerprint density at radius 2 is 1.51 bits per heavy atom. The second kappa shape index (κ2) is 9.22. The lowest BCUT2D eigenvalue weighted by molar-refractivity contribution is -0.119. The fourth-order valence-electron chi connectivity index (χ4n) is 5.07. The molecule has 0 aliphatic carbocycles. The zero-order valence-corrected chi connectivity index (χ0v) is 19.5. The minimum Gasteiger partial charge on any atom is -0.356 e. The summed E-state index contributed by atoms with van der Waals surface area (Å²) >= 11 is 0. The fraction of sp³-hybridized carbons (Fsp3) is 0.207. The maximum atomic E-state index is 13.9. The topological polar surface area (TPSA) is 61.4 Å². The number of anilines is 3. The van der Waals surface area contributed by atoms with Gasteiger partial charge in [0.15, 0.2) is 11.6 Å². The SMILES string of the molecule is O=C1C(Cc2ccccc2)Nc2ncnc(N3CCc4ccccc4C3)c2N1Cc1ccccc1. The number of hydrogen-bond donors (Lipinski definition) is 1. The molecule has 3 heterocycles. The number of fused-ring (bicyclic) bond motifs is 2. The molecule has 1 aromatic heterocycles. The van der Waals surface area contributed by atoms with Gasteiger partial charge < -0.3 is 10.2 Å². The van der Waals surface area contributed by atoms with Crippen LogP contribution >= 0.6 is 0 Å². The lowest BCUT2D eigenvalue weighted by Crippen LogP contribution is -2.49. The summed E-state index contributed by atoms with van der Waals surface area (Å²) in [6, 6.07) is 28.4. The van der Waals surface area contributed by atoms with E-state index in [9.17, 15) is 4.79 Å². The second-order valence-corrected chi connectivity index (χ2v) is 9.13. The summed E-state index contributed by atoms with van der Waals surface area (Å²) in [5.41, 5.74) is 5.64. The highest BCUT2D eigenvalue weighted by atomic mass is 16.2. The summed E-state index contributed by atoms with van der Waals surface area (Å²) in [4.78, 5) is 27.4. The number of carbonyl (C=O) groups is 1. The monoisotopic (exact) mass is 461 g/mol. The molecule has 0 saturated heterocycles. The highest BCUT2D eigenvalue weighted by Gasteiger charge is 2.37. The van der Waals surface area contributed by atoms with E-state index < -0.39 is 6.04 Å². The lowest BCUT2D eigenvalue weighted by atomic mass is 9.99. The normalized spacial score (nSPS) is 16.9. The summed E-state index contributed by atoms with van der Waals surface area (Å²) < 4.78 is 0. The summed E-state index contributed by atoms with van der Waals surface area (Å²) in [6.07, 6.45) is 3.16. The van der Waals surface area contributed by atoms with E-state index in [2.05, 4.69) is 63.7 Å². The number of carbonyl (C=O) groups excluding carboxylic acids is 1. The molecule has 2 aliphatic heterocycles. The van der Waals surface area contributed by atoms with Crippen molar-refractivity contribution in [1.82, 2.24) is 9.97 Å². The van der Waals surface area contributed by atoms with Gasteiger partial charge >= 0.3 is 0 Å². The standard InChI is InChI=1S/C29H27N5O/c35-29-25(17-21-9-3-1-4-10-21)32-27-26(34(29)18-22-11-5-2-6-12-22)28(31-20-30-27)33-16-15-23-13-7-8-14-24(23)19-33/h1-14,20,25H,15-19H2,(H,30,31,32). The van der Waals surface area contributed by atoms with Crippen LogP contribution in [0.25, 0.3) is 0 Å². The van der Waals surface area contributed by atoms with E-state index in [1.807, 2.05) is 41.3 Å². The lowest BCUT2D eigenvalue weighted by Gasteiger charge is -2.38. The number of amides is 1. The van der Waals surface area contributed by atoms with Gasteiger partial charge in [0.2, 0.25) is 5.91 Å². The summed E-state index contributed by atoms with van der Waals surface area (Å²) in [5, 5.41) is 3.44. The van der Waals surface area contributed by atoms with Crippen molar-refractivity contribution < 1.29 is 4.79 Å². The molecule has 6 heteroatoms. The first-order valence-electron chi connectivity index (χ1n) is 12.1. The van der Waals surface area contributed by atoms with Crippen LogP contribution < -0.4 is 15.1 Å². The van der Waals surface area contributed by atoms with Crippen LogP contribution in [0.1, 0.15) is 22.3 Å². The van der Waals surface area contributed by atoms with Crippen LogP contribution in [0.4, 0.5) is 17.3 Å². The number of hydrogen-bond acceptors (Lipinski definition) is 5. The quantitative estimate of drug-likeness (QED) is 0.470. The molecule has 1 N–H and O–H groups in total. The molecule has 0 fully saturated rings. The van der Waals surface area contributed by atoms with Crippen molar-refractivity contribution in [2.45, 2.75) is 32.0 Å². The molecule has 6 nitrogen and oxygen atoms in total. The van der Waals surface area contributed by atoms with Gasteiger partial charge in [-0.25, -0.2) is 9.97 Å². The third kappa shape index (κ3) is 4.23. The summed E-state index contributed by atoms with van der Waals surface area (Å²) in [6.45, 7) is 2.09. The second-order valence-electron chi connectivity index (χ2n) is 9.13. The molecule has 35 heavy (non-hydrogen) atoms. The van der Waals surface area contributed by atoms with Crippen molar-refractivity contribution in [3.8, 4) is 0 Å². The van der Waals surface area contributed by atoms with Gasteiger partial charge in [-0.3, -0.25) is 9.69 Å². The molecule has 1 atom stereocenters. The molecule has 3 aromatic carbocycles. The Kier molecular flexibility index (Phi) is 5.62. The average Bonchev–Trinajstić information content (AvgIpc) is 2.91. The first-order chi connectivity index (χ1) is 17.3. The molecular weight excluding hydrogens is 434 g/mol. The van der Waals surface area contributed by atoms with Crippen molar-refractivity contribution in [3.63, 3.8) is 0 Å². The van der Waals surface area contributed by atoms with Gasteiger partial charge in [0.1, 0.15) is 18.1 Å². The third-order valence-electron chi connectivity index (χ3n) is 6.84. The Bertz CT molecular complexity index is 1340. The average molecular weight is 462 g/mol. The molecule has 0 bridgehead atoms. The van der Waals surface area contributed by atoms with Crippen LogP contribution in [0.5, 0.6) is 0 Å². The Morgan fingerprint density at radius 3 is 2.29 bits per heavy atom. The highest BCUT2D eigenvalue weighted by molar-refractivity contribution is 6.07. The molecular formula is C29H27N5O. The Balaban J connectivity index is 1.39. The van der Waals surface area contributed by atoms with E-state index in [0.29, 0.717) is 18.8 Å². The maximum Gasteiger partial charge on any atom is 0.250 e. The number of rotatable bonds is 5. The van der Waals surface area contributed by atoms with E-state index in [-0.39, 0.29) is 5.91 Å². The molecule has 0 saturated carbocycles. The van der Waals surface area contributed by atoms with Crippen LogP contribution in [-0.4, -0.2) is 28.5 Å². The summed E-state index contributed by atoms with van der Waals surface area (Å²) in [5.74, 6) is 1.56. The number of nitrogens with zero attached hydrogens (tertiary/aromatic N) is 4. The maximum absolute atomic E-state index is 13.9. The minimum absolute atomic E-state index is 0.0404. The molecule has 174 valence electrons. The molecule has 1 amide bonds. The Labute approximate surface area is 205 Å². The van der Waals surface area contributed by atoms with Crippen molar-refractivity contribution in [2.24, 2.45) is 0 Å². The molecule has 1 unspecified atom stereocenters. The first kappa shape index (κ1) is 21.4. The summed E-state index contributed by atoms with van der Waals surface area (Å²) in [7, 11) is 0. The van der Waals surface area contributed by atoms with Gasteiger partial charge in [0.25, 0.3) is 0 Å². The van der Waals surface area contributed by atoms with Crippen molar-refractivity contribution in [1.29, 1.82) is 0 Å². The molecule has 2 aliphatic rings. The first-order valence-corrected chi connectivity index (χ1v) is 12.1. The molecule has 6 rings (SSSR count). The van der Waals surface area contributed by atoms with Gasteiger partial charge in [-0.2, -0.15) is 0 Å². The number of nitrogens with one attached hydrogen (secondary N) is 1. The molecule has 0 spiro atoms. The largest absolute Gasteiger partial charge is 0.356 e. The van der Waals surface area contributed by atoms with E-state index >= 15 is 0 Å². The number of benzene rings is 3. The Morgan fingerprint density at radius 1 is 0.829 bits per heavy atom. The molecule has 0 radical (unpaired) electrons. The van der Waals surface area contributed by atoms with Crippen LogP contribution in [0.15, 0.2) is 91.3 Å². The van der Waals surface area contributed by atoms with Crippen molar-refractivity contribution in [2.75, 3.05) is 21.7 Å². The number of aromatic nitrogens is 2. The predicted octanol–water partition coefficient (Wildman–Crippen LogP) is 4.61. The zero-order chi connectivity index (χ0) is 23.6. The van der Waals surface area contributed by atoms with Gasteiger partial charge in [0, 0.05) is 19.5 Å². The van der Waals surface area contributed by atoms with Gasteiger partial charge in [-0.1, -0.05) is 84.9 Å². The van der Waals surface area contributed by atoms with E-state index in [0.717, 1.165) is 42.1 Å². The van der Waals surface area contributed by atoms with E-state index in [1.165, 1.54) is 11.1 Å². The fourth-order valence-corrected chi connectivity index (χ4v) is 5.07. The smallest absolute Gasteiger partial charge is 0.250 e. The predicted molar refractivity (Wildman–Crippen MR) is 138 cm³/mol. The van der Waals surface area contributed by atoms with Crippen LogP contribution in [0.2, 0.25) is 0 Å². The van der Waals surface area contributed by atoms with Crippen LogP contribution in [-0.2, 0) is 30.7 Å². The van der Waals surface area contributed by atoms with Crippen LogP contribution in [0.3, 0.4) is 0 Å². The zero-order valence-electron chi connectivity index (χ0n) is 19.5. The van der Waals surface area contributed by atoms with Gasteiger partial charge in [0.05, 0.1) is 6.54 Å². The van der Waals surface area contributed by atoms with Crippen molar-refractivity contribution in [3.05, 3.63) is 114 Å². The minimum atomic E-state index is -0.390. The third-order valence-corrected chi connectivity index (χ3v) is 6.84. The Hall–Kier alpha value is -4.19. The highest BCUT2D eigenvalue weighted by Crippen LogP contribution is 2.40. The van der Waals surface area contributed by atoms with Gasteiger partial charge in [-0.05, 0) is 28.7 Å².